The first-order chi connectivity index (χ1) is 11.7. The molecule has 0 N–H and O–H groups in total. The van der Waals surface area contributed by atoms with E-state index in [4.69, 9.17) is 4.74 Å². The van der Waals surface area contributed by atoms with E-state index in [0.29, 0.717) is 17.6 Å². The third-order valence-electron chi connectivity index (χ3n) is 5.56. The molecule has 0 saturated carbocycles. The summed E-state index contributed by atoms with van der Waals surface area (Å²) in [5.74, 6) is -0.191. The highest BCUT2D eigenvalue weighted by atomic mass is 16.5. The van der Waals surface area contributed by atoms with Crippen molar-refractivity contribution in [2.75, 3.05) is 7.05 Å². The minimum Gasteiger partial charge on any atom is -0.459 e. The Morgan fingerprint density at radius 3 is 2.12 bits per heavy atom. The molecule has 3 heteroatoms. The van der Waals surface area contributed by atoms with Gasteiger partial charge >= 0.3 is 5.97 Å². The Morgan fingerprint density at radius 2 is 1.50 bits per heavy atom. The molecule has 0 aliphatic carbocycles. The second kappa shape index (κ2) is 6.40. The van der Waals surface area contributed by atoms with Gasteiger partial charge in [0.15, 0.2) is 0 Å². The van der Waals surface area contributed by atoms with E-state index in [1.165, 1.54) is 12.8 Å². The molecule has 2 atom stereocenters. The van der Waals surface area contributed by atoms with Gasteiger partial charge in [-0.15, -0.1) is 0 Å². The Balaban J connectivity index is 1.42. The number of carbonyl (C=O) groups excluding carboxylic acids is 1. The van der Waals surface area contributed by atoms with Crippen LogP contribution in [0.4, 0.5) is 0 Å². The van der Waals surface area contributed by atoms with Crippen molar-refractivity contribution in [3.05, 3.63) is 60.2 Å². The fraction of sp³-hybridized carbons (Fsp3) is 0.381. The number of esters is 1. The number of hydrogen-bond acceptors (Lipinski definition) is 3. The smallest absolute Gasteiger partial charge is 0.338 e. The molecular formula is C21H23NO2. The summed E-state index contributed by atoms with van der Waals surface area (Å²) in [6.45, 7) is 0. The first kappa shape index (κ1) is 15.4. The summed E-state index contributed by atoms with van der Waals surface area (Å²) in [6, 6.07) is 19.1. The molecule has 0 aromatic heterocycles. The van der Waals surface area contributed by atoms with Crippen LogP contribution in [-0.4, -0.2) is 36.1 Å². The van der Waals surface area contributed by atoms with Gasteiger partial charge in [0.2, 0.25) is 0 Å². The zero-order valence-corrected chi connectivity index (χ0v) is 14.0. The van der Waals surface area contributed by atoms with E-state index in [0.717, 1.165) is 24.0 Å². The molecule has 2 unspecified atom stereocenters. The normalized spacial score (nSPS) is 26.3. The standard InChI is InChI=1S/C21H23NO2/c1-22-18-11-12-19(22)14-20(13-18)24-21(23)17-9-7-16(8-10-17)15-5-3-2-4-6-15/h2-10,18-20H,11-14H2,1H3. The molecule has 2 bridgehead atoms. The number of hydrogen-bond donors (Lipinski definition) is 0. The van der Waals surface area contributed by atoms with Crippen molar-refractivity contribution in [3.63, 3.8) is 0 Å². The van der Waals surface area contributed by atoms with Crippen LogP contribution in [0.5, 0.6) is 0 Å². The average molecular weight is 321 g/mol. The predicted octanol–water partition coefficient (Wildman–Crippen LogP) is 4.14. The van der Waals surface area contributed by atoms with E-state index in [1.54, 1.807) is 0 Å². The van der Waals surface area contributed by atoms with E-state index in [-0.39, 0.29) is 12.1 Å². The molecule has 2 heterocycles. The van der Waals surface area contributed by atoms with E-state index in [1.807, 2.05) is 42.5 Å². The average Bonchev–Trinajstić information content (AvgIpc) is 2.84. The Hall–Kier alpha value is -2.13. The number of ether oxygens (including phenoxy) is 1. The van der Waals surface area contributed by atoms with Gasteiger partial charge in [-0.1, -0.05) is 42.5 Å². The number of nitrogens with zero attached hydrogens (tertiary/aromatic N) is 1. The molecule has 4 rings (SSSR count). The van der Waals surface area contributed by atoms with Gasteiger partial charge in [0.05, 0.1) is 5.56 Å². The molecular weight excluding hydrogens is 298 g/mol. The summed E-state index contributed by atoms with van der Waals surface area (Å²) in [7, 11) is 2.20. The van der Waals surface area contributed by atoms with Crippen molar-refractivity contribution in [2.24, 2.45) is 0 Å². The maximum atomic E-state index is 12.4. The summed E-state index contributed by atoms with van der Waals surface area (Å²) in [6.07, 6.45) is 4.49. The predicted molar refractivity (Wildman–Crippen MR) is 94.9 cm³/mol. The van der Waals surface area contributed by atoms with Gasteiger partial charge < -0.3 is 9.64 Å². The molecule has 0 amide bonds. The summed E-state index contributed by atoms with van der Waals surface area (Å²) in [5, 5.41) is 0. The molecule has 0 spiro atoms. The monoisotopic (exact) mass is 321 g/mol. The fourth-order valence-corrected chi connectivity index (χ4v) is 4.11. The zero-order valence-electron chi connectivity index (χ0n) is 14.0. The third-order valence-corrected chi connectivity index (χ3v) is 5.56. The molecule has 124 valence electrons. The maximum Gasteiger partial charge on any atom is 0.338 e. The number of benzene rings is 2. The van der Waals surface area contributed by atoms with Crippen LogP contribution in [0.2, 0.25) is 0 Å². The van der Waals surface area contributed by atoms with E-state index >= 15 is 0 Å². The highest BCUT2D eigenvalue weighted by Crippen LogP contribution is 2.35. The topological polar surface area (TPSA) is 29.5 Å². The van der Waals surface area contributed by atoms with E-state index in [2.05, 4.69) is 24.1 Å². The van der Waals surface area contributed by atoms with E-state index in [9.17, 15) is 4.79 Å². The Bertz CT molecular complexity index is 696. The molecule has 2 fully saturated rings. The van der Waals surface area contributed by atoms with Crippen molar-refractivity contribution < 1.29 is 9.53 Å². The minimum absolute atomic E-state index is 0.0694. The highest BCUT2D eigenvalue weighted by Gasteiger charge is 2.39. The third kappa shape index (κ3) is 2.96. The van der Waals surface area contributed by atoms with Crippen molar-refractivity contribution in [1.82, 2.24) is 4.90 Å². The molecule has 2 aromatic carbocycles. The molecule has 2 aliphatic heterocycles. The lowest BCUT2D eigenvalue weighted by atomic mass is 10.0. The Morgan fingerprint density at radius 1 is 0.917 bits per heavy atom. The lowest BCUT2D eigenvalue weighted by Gasteiger charge is -2.35. The number of carbonyl (C=O) groups is 1. The van der Waals surface area contributed by atoms with Crippen LogP contribution in [0.25, 0.3) is 11.1 Å². The van der Waals surface area contributed by atoms with Crippen molar-refractivity contribution in [3.8, 4) is 11.1 Å². The van der Waals surface area contributed by atoms with Crippen LogP contribution in [-0.2, 0) is 4.74 Å². The second-order valence-corrected chi connectivity index (χ2v) is 6.99. The number of fused-ring (bicyclic) bond motifs is 2. The van der Waals surface area contributed by atoms with Gasteiger partial charge in [-0.3, -0.25) is 0 Å². The molecule has 2 aromatic rings. The molecule has 24 heavy (non-hydrogen) atoms. The van der Waals surface area contributed by atoms with Gasteiger partial charge in [-0.2, -0.15) is 0 Å². The van der Waals surface area contributed by atoms with Crippen molar-refractivity contribution in [2.45, 2.75) is 43.9 Å². The quantitative estimate of drug-likeness (QED) is 0.796. The lowest BCUT2D eigenvalue weighted by molar-refractivity contribution is -0.000446. The maximum absolute atomic E-state index is 12.4. The summed E-state index contributed by atoms with van der Waals surface area (Å²) in [4.78, 5) is 14.9. The van der Waals surface area contributed by atoms with Gasteiger partial charge in [0.25, 0.3) is 0 Å². The fourth-order valence-electron chi connectivity index (χ4n) is 4.11. The van der Waals surface area contributed by atoms with Crippen molar-refractivity contribution >= 4 is 5.97 Å². The SMILES string of the molecule is CN1C2CCC1CC(OC(=O)c1ccc(-c3ccccc3)cc1)C2. The van der Waals surface area contributed by atoms with Crippen LogP contribution in [0.1, 0.15) is 36.0 Å². The Labute approximate surface area is 143 Å². The van der Waals surface area contributed by atoms with Crippen LogP contribution in [0.3, 0.4) is 0 Å². The summed E-state index contributed by atoms with van der Waals surface area (Å²) < 4.78 is 5.79. The molecule has 0 radical (unpaired) electrons. The summed E-state index contributed by atoms with van der Waals surface area (Å²) in [5.41, 5.74) is 2.91. The number of rotatable bonds is 3. The zero-order chi connectivity index (χ0) is 16.5. The largest absolute Gasteiger partial charge is 0.459 e. The van der Waals surface area contributed by atoms with Crippen LogP contribution < -0.4 is 0 Å². The molecule has 2 aliphatic rings. The highest BCUT2D eigenvalue weighted by molar-refractivity contribution is 5.90. The second-order valence-electron chi connectivity index (χ2n) is 6.99. The van der Waals surface area contributed by atoms with Gasteiger partial charge in [-0.25, -0.2) is 4.79 Å². The number of piperidine rings is 1. The van der Waals surface area contributed by atoms with Gasteiger partial charge in [-0.05, 0) is 43.1 Å². The van der Waals surface area contributed by atoms with Gasteiger partial charge in [0, 0.05) is 24.9 Å². The first-order valence-corrected chi connectivity index (χ1v) is 8.79. The Kier molecular flexibility index (Phi) is 4.11. The van der Waals surface area contributed by atoms with Crippen LogP contribution >= 0.6 is 0 Å². The van der Waals surface area contributed by atoms with Gasteiger partial charge in [0.1, 0.15) is 6.10 Å². The van der Waals surface area contributed by atoms with Crippen LogP contribution in [0.15, 0.2) is 54.6 Å². The lowest BCUT2D eigenvalue weighted by Crippen LogP contribution is -2.43. The van der Waals surface area contributed by atoms with Crippen molar-refractivity contribution in [1.29, 1.82) is 0 Å². The van der Waals surface area contributed by atoms with Crippen LogP contribution in [0, 0.1) is 0 Å². The minimum atomic E-state index is -0.191. The molecule has 2 saturated heterocycles. The van der Waals surface area contributed by atoms with E-state index < -0.39 is 0 Å². The first-order valence-electron chi connectivity index (χ1n) is 8.79. The summed E-state index contributed by atoms with van der Waals surface area (Å²) >= 11 is 0. The molecule has 3 nitrogen and oxygen atoms in total.